The monoisotopic (exact) mass is 247 g/mol. The Hall–Kier alpha value is -1.35. The molecule has 3 atom stereocenters. The van der Waals surface area contributed by atoms with Crippen LogP contribution in [0.1, 0.15) is 33.3 Å². The number of ether oxygens (including phenoxy) is 1. The van der Waals surface area contributed by atoms with Gasteiger partial charge >= 0.3 is 0 Å². The number of aliphatic hydroxyl groups is 1. The summed E-state index contributed by atoms with van der Waals surface area (Å²) in [7, 11) is 0. The maximum absolute atomic E-state index is 10.3. The Balaban J connectivity index is 2.23. The molecule has 18 heavy (non-hydrogen) atoms. The maximum Gasteiger partial charge on any atom is 0.216 e. The van der Waals surface area contributed by atoms with E-state index in [9.17, 15) is 5.11 Å². The summed E-state index contributed by atoms with van der Waals surface area (Å²) >= 11 is 0. The van der Waals surface area contributed by atoms with Crippen LogP contribution in [0.4, 0.5) is 0 Å². The molecule has 98 valence electrons. The lowest BCUT2D eigenvalue weighted by atomic mass is 9.83. The van der Waals surface area contributed by atoms with Gasteiger partial charge in [-0.25, -0.2) is 4.99 Å². The third kappa shape index (κ3) is 2.56. The highest BCUT2D eigenvalue weighted by molar-refractivity contribution is 5.95. The molecule has 0 bridgehead atoms. The van der Waals surface area contributed by atoms with Crippen molar-refractivity contribution in [3.63, 3.8) is 0 Å². The molecule has 1 heterocycles. The van der Waals surface area contributed by atoms with E-state index in [1.54, 1.807) is 0 Å². The molecule has 1 aliphatic rings. The van der Waals surface area contributed by atoms with Crippen molar-refractivity contribution in [3.05, 3.63) is 35.9 Å². The van der Waals surface area contributed by atoms with Crippen LogP contribution in [0.15, 0.2) is 35.3 Å². The fourth-order valence-electron chi connectivity index (χ4n) is 2.08. The Bertz CT molecular complexity index is 434. The lowest BCUT2D eigenvalue weighted by molar-refractivity contribution is 0.0158. The molecule has 0 fully saturated rings. The zero-order chi connectivity index (χ0) is 13.3. The summed E-state index contributed by atoms with van der Waals surface area (Å²) in [6.07, 6.45) is -0.594. The van der Waals surface area contributed by atoms with Crippen LogP contribution in [-0.4, -0.2) is 29.3 Å². The molecule has 0 saturated heterocycles. The molecule has 0 saturated carbocycles. The second-order valence-corrected chi connectivity index (χ2v) is 5.92. The van der Waals surface area contributed by atoms with Crippen LogP contribution in [-0.2, 0) is 4.74 Å². The predicted octanol–water partition coefficient (Wildman–Crippen LogP) is 2.63. The first kappa shape index (κ1) is 13.1. The van der Waals surface area contributed by atoms with E-state index >= 15 is 0 Å². The van der Waals surface area contributed by atoms with Gasteiger partial charge in [-0.2, -0.15) is 0 Å². The summed E-state index contributed by atoms with van der Waals surface area (Å²) in [4.78, 5) is 4.55. The number of rotatable bonds is 2. The largest absolute Gasteiger partial charge is 0.472 e. The predicted molar refractivity (Wildman–Crippen MR) is 72.8 cm³/mol. The molecule has 2 rings (SSSR count). The van der Waals surface area contributed by atoms with Crippen molar-refractivity contribution < 1.29 is 9.84 Å². The van der Waals surface area contributed by atoms with Gasteiger partial charge in [0.05, 0.1) is 6.10 Å². The molecule has 3 nitrogen and oxygen atoms in total. The van der Waals surface area contributed by atoms with Gasteiger partial charge in [-0.05, 0) is 24.5 Å². The van der Waals surface area contributed by atoms with E-state index in [0.717, 1.165) is 5.56 Å². The van der Waals surface area contributed by atoms with Gasteiger partial charge in [-0.15, -0.1) is 0 Å². The molecule has 1 aromatic rings. The molecule has 0 aliphatic carbocycles. The van der Waals surface area contributed by atoms with Crippen LogP contribution in [0.3, 0.4) is 0 Å². The molecule has 1 unspecified atom stereocenters. The molecule has 0 aromatic heterocycles. The lowest BCUT2D eigenvalue weighted by Gasteiger charge is -2.30. The zero-order valence-corrected chi connectivity index (χ0v) is 11.4. The van der Waals surface area contributed by atoms with Gasteiger partial charge in [0.15, 0.2) is 0 Å². The summed E-state index contributed by atoms with van der Waals surface area (Å²) in [5.74, 6) is 0.636. The highest BCUT2D eigenvalue weighted by Crippen LogP contribution is 2.29. The molecule has 1 N–H and O–H groups in total. The van der Waals surface area contributed by atoms with E-state index in [0.29, 0.717) is 5.90 Å². The maximum atomic E-state index is 10.3. The topological polar surface area (TPSA) is 41.8 Å². The van der Waals surface area contributed by atoms with E-state index in [-0.39, 0.29) is 17.6 Å². The van der Waals surface area contributed by atoms with Crippen molar-refractivity contribution in [2.45, 2.75) is 45.9 Å². The summed E-state index contributed by atoms with van der Waals surface area (Å²) < 4.78 is 5.77. The fraction of sp³-hybridized carbons (Fsp3) is 0.533. The normalized spacial score (nSPS) is 25.5. The van der Waals surface area contributed by atoms with Crippen molar-refractivity contribution in [2.75, 3.05) is 0 Å². The summed E-state index contributed by atoms with van der Waals surface area (Å²) in [5.41, 5.74) is 0.769. The van der Waals surface area contributed by atoms with Crippen LogP contribution >= 0.6 is 0 Å². The van der Waals surface area contributed by atoms with E-state index < -0.39 is 6.10 Å². The molecule has 0 spiro atoms. The molecule has 1 aliphatic heterocycles. The number of nitrogens with zero attached hydrogens (tertiary/aromatic N) is 1. The Labute approximate surface area is 109 Å². The summed E-state index contributed by atoms with van der Waals surface area (Å²) in [5, 5.41) is 10.3. The highest BCUT2D eigenvalue weighted by Gasteiger charge is 2.39. The van der Waals surface area contributed by atoms with Crippen LogP contribution in [0, 0.1) is 5.41 Å². The molecule has 1 aromatic carbocycles. The minimum atomic E-state index is -0.506. The average molecular weight is 247 g/mol. The van der Waals surface area contributed by atoms with Gasteiger partial charge in [-0.3, -0.25) is 0 Å². The van der Waals surface area contributed by atoms with Crippen molar-refractivity contribution in [1.29, 1.82) is 0 Å². The SMILES string of the molecule is C[C@@H]1OC(c2ccccc2)=N[C@@H]1C(O)C(C)(C)C. The number of aliphatic imine (C=N–C) groups is 1. The zero-order valence-electron chi connectivity index (χ0n) is 11.4. The molecule has 0 radical (unpaired) electrons. The van der Waals surface area contributed by atoms with Crippen LogP contribution < -0.4 is 0 Å². The van der Waals surface area contributed by atoms with Gasteiger partial charge in [-0.1, -0.05) is 39.0 Å². The first-order chi connectivity index (χ1) is 8.39. The van der Waals surface area contributed by atoms with E-state index in [1.165, 1.54) is 0 Å². The minimum absolute atomic E-state index is 0.0885. The van der Waals surface area contributed by atoms with Crippen molar-refractivity contribution in [3.8, 4) is 0 Å². The summed E-state index contributed by atoms with van der Waals surface area (Å²) in [6.45, 7) is 8.00. The standard InChI is InChI=1S/C15H21NO2/c1-10-12(13(17)15(2,3)4)16-14(18-10)11-8-6-5-7-9-11/h5-10,12-13,17H,1-4H3/t10-,12-,13?/m0/s1. The number of benzene rings is 1. The van der Waals surface area contributed by atoms with Gasteiger partial charge in [0, 0.05) is 5.56 Å². The van der Waals surface area contributed by atoms with E-state index in [1.807, 2.05) is 58.0 Å². The third-order valence-corrected chi connectivity index (χ3v) is 3.28. The summed E-state index contributed by atoms with van der Waals surface area (Å²) in [6, 6.07) is 9.62. The first-order valence-corrected chi connectivity index (χ1v) is 6.37. The van der Waals surface area contributed by atoms with Crippen LogP contribution in [0.2, 0.25) is 0 Å². The van der Waals surface area contributed by atoms with Gasteiger partial charge in [0.2, 0.25) is 5.90 Å². The molecule has 3 heteroatoms. The Morgan fingerprint density at radius 3 is 2.39 bits per heavy atom. The molecular formula is C15H21NO2. The third-order valence-electron chi connectivity index (χ3n) is 3.28. The number of aliphatic hydroxyl groups excluding tert-OH is 1. The Kier molecular flexibility index (Phi) is 3.44. The van der Waals surface area contributed by atoms with Crippen molar-refractivity contribution in [2.24, 2.45) is 10.4 Å². The number of hydrogen-bond donors (Lipinski definition) is 1. The van der Waals surface area contributed by atoms with Gasteiger partial charge in [0.1, 0.15) is 12.1 Å². The second kappa shape index (κ2) is 4.73. The Morgan fingerprint density at radius 1 is 1.22 bits per heavy atom. The van der Waals surface area contributed by atoms with Gasteiger partial charge < -0.3 is 9.84 Å². The van der Waals surface area contributed by atoms with Gasteiger partial charge in [0.25, 0.3) is 0 Å². The highest BCUT2D eigenvalue weighted by atomic mass is 16.5. The second-order valence-electron chi connectivity index (χ2n) is 5.92. The van der Waals surface area contributed by atoms with Crippen molar-refractivity contribution >= 4 is 5.90 Å². The smallest absolute Gasteiger partial charge is 0.216 e. The van der Waals surface area contributed by atoms with Crippen LogP contribution in [0.25, 0.3) is 0 Å². The fourth-order valence-corrected chi connectivity index (χ4v) is 2.08. The van der Waals surface area contributed by atoms with Crippen LogP contribution in [0.5, 0.6) is 0 Å². The minimum Gasteiger partial charge on any atom is -0.472 e. The lowest BCUT2D eigenvalue weighted by Crippen LogP contribution is -2.41. The quantitative estimate of drug-likeness (QED) is 0.873. The van der Waals surface area contributed by atoms with Crippen molar-refractivity contribution in [1.82, 2.24) is 0 Å². The average Bonchev–Trinajstić information content (AvgIpc) is 2.70. The first-order valence-electron chi connectivity index (χ1n) is 6.37. The molecular weight excluding hydrogens is 226 g/mol. The van der Waals surface area contributed by atoms with E-state index in [2.05, 4.69) is 4.99 Å². The Morgan fingerprint density at radius 2 is 1.83 bits per heavy atom. The number of hydrogen-bond acceptors (Lipinski definition) is 3. The van der Waals surface area contributed by atoms with E-state index in [4.69, 9.17) is 4.74 Å². The molecule has 0 amide bonds.